The van der Waals surface area contributed by atoms with E-state index in [4.69, 9.17) is 16.3 Å². The van der Waals surface area contributed by atoms with Crippen molar-refractivity contribution in [3.05, 3.63) is 89.1 Å². The smallest absolute Gasteiger partial charge is 0.419 e. The molecule has 0 fully saturated rings. The van der Waals surface area contributed by atoms with Gasteiger partial charge in [-0.3, -0.25) is 4.79 Å². The Morgan fingerprint density at radius 1 is 0.909 bits per heavy atom. The molecule has 0 unspecified atom stereocenters. The molecule has 0 aliphatic carbocycles. The molecule has 0 radical (unpaired) electrons. The first-order valence-corrected chi connectivity index (χ1v) is 11.0. The lowest BCUT2D eigenvalue weighted by Gasteiger charge is -2.21. The minimum Gasteiger partial charge on any atom is -0.443 e. The molecule has 0 saturated carbocycles. The molecule has 5 nitrogen and oxygen atoms in total. The number of hydrogen-bond acceptors (Lipinski definition) is 4. The van der Waals surface area contributed by atoms with Gasteiger partial charge in [0.1, 0.15) is 11.3 Å². The van der Waals surface area contributed by atoms with Gasteiger partial charge in [0, 0.05) is 27.1 Å². The second kappa shape index (κ2) is 7.71. The Balaban J connectivity index is 1.88. The lowest BCUT2D eigenvalue weighted by molar-refractivity contribution is 0.0544. The predicted molar refractivity (Wildman–Crippen MR) is 131 cm³/mol. The first-order chi connectivity index (χ1) is 15.8. The summed E-state index contributed by atoms with van der Waals surface area (Å²) < 4.78 is 7.19. The fourth-order valence-corrected chi connectivity index (χ4v) is 4.35. The van der Waals surface area contributed by atoms with Gasteiger partial charge in [-0.25, -0.2) is 14.4 Å². The van der Waals surface area contributed by atoms with Gasteiger partial charge in [0.2, 0.25) is 5.78 Å². The largest absolute Gasteiger partial charge is 0.443 e. The number of ketones is 1. The number of para-hydroxylation sites is 2. The summed E-state index contributed by atoms with van der Waals surface area (Å²) in [5.74, 6) is -0.244. The highest BCUT2D eigenvalue weighted by Crippen LogP contribution is 2.41. The second-order valence-corrected chi connectivity index (χ2v) is 9.25. The molecule has 0 spiro atoms. The summed E-state index contributed by atoms with van der Waals surface area (Å²) in [7, 11) is 0. The van der Waals surface area contributed by atoms with Crippen molar-refractivity contribution in [1.82, 2.24) is 4.57 Å². The molecule has 0 saturated heterocycles. The van der Waals surface area contributed by atoms with Crippen molar-refractivity contribution < 1.29 is 14.3 Å². The van der Waals surface area contributed by atoms with Crippen LogP contribution in [0.2, 0.25) is 5.02 Å². The van der Waals surface area contributed by atoms with Gasteiger partial charge in [0.25, 0.3) is 0 Å². The molecular formula is C27H21ClN2O3. The number of aliphatic imine (C=N–C) groups is 1. The number of carbonyl (C=O) groups is 2. The zero-order valence-corrected chi connectivity index (χ0v) is 19.2. The topological polar surface area (TPSA) is 60.7 Å². The first kappa shape index (κ1) is 21.2. The van der Waals surface area contributed by atoms with Gasteiger partial charge in [0.15, 0.2) is 0 Å². The Kier molecular flexibility index (Phi) is 4.94. The van der Waals surface area contributed by atoms with E-state index in [0.29, 0.717) is 38.6 Å². The van der Waals surface area contributed by atoms with Crippen molar-refractivity contribution in [3.8, 4) is 11.1 Å². The minimum atomic E-state index is -0.727. The number of nitrogens with zero attached hydrogens (tertiary/aromatic N) is 2. The summed E-state index contributed by atoms with van der Waals surface area (Å²) in [4.78, 5) is 31.6. The maximum atomic E-state index is 13.5. The van der Waals surface area contributed by atoms with Crippen LogP contribution >= 0.6 is 11.6 Å². The van der Waals surface area contributed by atoms with Gasteiger partial charge in [0.05, 0.1) is 16.9 Å². The number of aromatic nitrogens is 1. The highest BCUT2D eigenvalue weighted by molar-refractivity contribution is 6.56. The average molecular weight is 457 g/mol. The van der Waals surface area contributed by atoms with E-state index in [1.165, 1.54) is 4.57 Å². The Bertz CT molecular complexity index is 1470. The third-order valence-corrected chi connectivity index (χ3v) is 5.74. The molecule has 3 aromatic carbocycles. The number of fused-ring (bicyclic) bond motifs is 2. The third kappa shape index (κ3) is 3.55. The summed E-state index contributed by atoms with van der Waals surface area (Å²) in [5, 5.41) is 1.28. The van der Waals surface area contributed by atoms with Crippen molar-refractivity contribution in [1.29, 1.82) is 0 Å². The molecule has 0 bridgehead atoms. The highest BCUT2D eigenvalue weighted by Gasteiger charge is 2.35. The van der Waals surface area contributed by atoms with Crippen LogP contribution in [0.15, 0.2) is 77.8 Å². The van der Waals surface area contributed by atoms with Crippen LogP contribution in [0.1, 0.15) is 36.8 Å². The molecule has 0 atom stereocenters. The number of benzene rings is 3. The molecule has 5 rings (SSSR count). The first-order valence-electron chi connectivity index (χ1n) is 10.6. The van der Waals surface area contributed by atoms with E-state index < -0.39 is 11.7 Å². The molecule has 0 N–H and O–H groups in total. The van der Waals surface area contributed by atoms with Gasteiger partial charge >= 0.3 is 6.09 Å². The lowest BCUT2D eigenvalue weighted by atomic mass is 9.97. The van der Waals surface area contributed by atoms with Crippen LogP contribution in [0.25, 0.3) is 22.0 Å². The number of hydrogen-bond donors (Lipinski definition) is 0. The summed E-state index contributed by atoms with van der Waals surface area (Å²) in [6.07, 6.45) is -0.585. The normalized spacial score (nSPS) is 13.2. The summed E-state index contributed by atoms with van der Waals surface area (Å²) in [6, 6.07) is 22.0. The molecule has 1 aliphatic rings. The number of carbonyl (C=O) groups excluding carboxylic acids is 2. The van der Waals surface area contributed by atoms with Crippen LogP contribution in [0, 0.1) is 0 Å². The number of Topliss-reactive ketones (excluding diaryl/α,β-unsaturated/α-hetero) is 1. The molecule has 33 heavy (non-hydrogen) atoms. The fourth-order valence-electron chi connectivity index (χ4n) is 4.12. The molecule has 0 amide bonds. The average Bonchev–Trinajstić information content (AvgIpc) is 3.28. The molecule has 1 aromatic heterocycles. The van der Waals surface area contributed by atoms with Crippen molar-refractivity contribution in [3.63, 3.8) is 0 Å². The van der Waals surface area contributed by atoms with Gasteiger partial charge in [-0.05, 0) is 45.0 Å². The zero-order chi connectivity index (χ0) is 23.3. The zero-order valence-electron chi connectivity index (χ0n) is 18.4. The Morgan fingerprint density at radius 3 is 2.24 bits per heavy atom. The molecular weight excluding hydrogens is 436 g/mol. The van der Waals surface area contributed by atoms with Crippen LogP contribution in [-0.2, 0) is 4.74 Å². The van der Waals surface area contributed by atoms with Crippen LogP contribution in [-0.4, -0.2) is 27.8 Å². The monoisotopic (exact) mass is 456 g/mol. The molecule has 6 heteroatoms. The highest BCUT2D eigenvalue weighted by atomic mass is 35.5. The minimum absolute atomic E-state index is 0.188. The van der Waals surface area contributed by atoms with Crippen LogP contribution in [0.3, 0.4) is 0 Å². The number of ether oxygens (including phenoxy) is 1. The van der Waals surface area contributed by atoms with E-state index in [-0.39, 0.29) is 11.5 Å². The predicted octanol–water partition coefficient (Wildman–Crippen LogP) is 7.06. The van der Waals surface area contributed by atoms with Crippen LogP contribution in [0.4, 0.5) is 10.5 Å². The van der Waals surface area contributed by atoms with Gasteiger partial charge in [-0.1, -0.05) is 60.1 Å². The SMILES string of the molecule is CC(C)(C)OC(=O)n1c(C2=Nc3ccccc3C2=O)c(-c2ccccc2Cl)c2ccccc21. The van der Waals surface area contributed by atoms with E-state index in [1.807, 2.05) is 48.5 Å². The second-order valence-electron chi connectivity index (χ2n) is 8.84. The maximum Gasteiger partial charge on any atom is 0.419 e. The van der Waals surface area contributed by atoms with E-state index in [2.05, 4.69) is 4.99 Å². The Hall–Kier alpha value is -3.70. The maximum absolute atomic E-state index is 13.5. The van der Waals surface area contributed by atoms with E-state index in [9.17, 15) is 9.59 Å². The van der Waals surface area contributed by atoms with Crippen molar-refractivity contribution in [2.24, 2.45) is 4.99 Å². The number of rotatable bonds is 2. The van der Waals surface area contributed by atoms with Crippen molar-refractivity contribution in [2.75, 3.05) is 0 Å². The Morgan fingerprint density at radius 2 is 1.55 bits per heavy atom. The third-order valence-electron chi connectivity index (χ3n) is 5.41. The standard InChI is InChI=1S/C27H21ClN2O3/c1-27(2,3)33-26(32)30-21-15-9-6-12-18(21)22(16-10-4-7-13-19(16)28)24(30)23-25(31)17-11-5-8-14-20(17)29-23/h4-15H,1-3H3. The van der Waals surface area contributed by atoms with Gasteiger partial charge in [-0.2, -0.15) is 0 Å². The van der Waals surface area contributed by atoms with Gasteiger partial charge < -0.3 is 4.74 Å². The van der Waals surface area contributed by atoms with Crippen molar-refractivity contribution >= 4 is 45.8 Å². The molecule has 164 valence electrons. The van der Waals surface area contributed by atoms with Crippen LogP contribution < -0.4 is 0 Å². The molecule has 1 aliphatic heterocycles. The van der Waals surface area contributed by atoms with E-state index >= 15 is 0 Å². The molecule has 4 aromatic rings. The molecule has 2 heterocycles. The van der Waals surface area contributed by atoms with E-state index in [0.717, 1.165) is 5.39 Å². The summed E-state index contributed by atoms with van der Waals surface area (Å²) in [5.41, 5.74) is 2.90. The van der Waals surface area contributed by atoms with E-state index in [1.54, 1.807) is 45.0 Å². The quantitative estimate of drug-likeness (QED) is 0.324. The van der Waals surface area contributed by atoms with Gasteiger partial charge in [-0.15, -0.1) is 0 Å². The summed E-state index contributed by atoms with van der Waals surface area (Å²) >= 11 is 6.61. The van der Waals surface area contributed by atoms with Crippen LogP contribution in [0.5, 0.6) is 0 Å². The summed E-state index contributed by atoms with van der Waals surface area (Å²) in [6.45, 7) is 5.41. The Labute approximate surface area is 196 Å². The fraction of sp³-hybridized carbons (Fsp3) is 0.148. The lowest BCUT2D eigenvalue weighted by Crippen LogP contribution is -2.30. The number of halogens is 1. The van der Waals surface area contributed by atoms with Crippen molar-refractivity contribution in [2.45, 2.75) is 26.4 Å².